The highest BCUT2D eigenvalue weighted by molar-refractivity contribution is 5.99. The molecule has 0 amide bonds. The second-order valence-electron chi connectivity index (χ2n) is 7.94. The zero-order valence-electron chi connectivity index (χ0n) is 19.3. The molecule has 1 aliphatic rings. The van der Waals surface area contributed by atoms with E-state index in [1.807, 2.05) is 13.8 Å². The number of ether oxygens (including phenoxy) is 3. The average molecular weight is 468 g/mol. The van der Waals surface area contributed by atoms with Gasteiger partial charge in [0, 0.05) is 23.9 Å². The fourth-order valence-electron chi connectivity index (χ4n) is 3.74. The standard InChI is InChI=1S/C24H25FN4O5/c1-5-32-22(30)24(19-7-9-33-29-19)13-27-23(34-24)28-21-17(14(2)3)11-16(25)12-18(21)15-6-8-26-20(10-15)31-4/h6-12,14H,5,13H2,1-4H3,(H,27,28)/t24-/m0/s1. The Bertz CT molecular complexity index is 1210. The first-order valence-corrected chi connectivity index (χ1v) is 10.8. The number of hydrogen-bond donors (Lipinski definition) is 1. The lowest BCUT2D eigenvalue weighted by Crippen LogP contribution is -2.42. The molecule has 3 aromatic rings. The van der Waals surface area contributed by atoms with Crippen molar-refractivity contribution < 1.29 is 27.9 Å². The van der Waals surface area contributed by atoms with Gasteiger partial charge in [-0.1, -0.05) is 19.0 Å². The van der Waals surface area contributed by atoms with Crippen molar-refractivity contribution in [3.05, 3.63) is 59.9 Å². The molecule has 178 valence electrons. The number of carbonyl (C=O) groups excluding carboxylic acids is 1. The first-order valence-electron chi connectivity index (χ1n) is 10.8. The SMILES string of the molecule is CCOC(=O)[C@@]1(c2ccon2)CN=C(Nc2c(-c3ccnc(OC)c3)cc(F)cc2C(C)C)O1. The molecular formula is C24H25FN4O5. The number of nitrogens with zero attached hydrogens (tertiary/aromatic N) is 3. The van der Waals surface area contributed by atoms with Crippen LogP contribution in [0.5, 0.6) is 5.88 Å². The van der Waals surface area contributed by atoms with E-state index in [2.05, 4.69) is 20.4 Å². The topological polar surface area (TPSA) is 108 Å². The normalized spacial score (nSPS) is 17.3. The maximum atomic E-state index is 14.6. The van der Waals surface area contributed by atoms with Crippen LogP contribution >= 0.6 is 0 Å². The van der Waals surface area contributed by atoms with Crippen molar-refractivity contribution >= 4 is 17.7 Å². The van der Waals surface area contributed by atoms with Crippen LogP contribution in [0, 0.1) is 5.82 Å². The molecule has 10 heteroatoms. The van der Waals surface area contributed by atoms with Gasteiger partial charge in [0.25, 0.3) is 11.6 Å². The van der Waals surface area contributed by atoms with Crippen LogP contribution in [0.4, 0.5) is 10.1 Å². The third kappa shape index (κ3) is 4.30. The number of esters is 1. The van der Waals surface area contributed by atoms with Crippen LogP contribution in [0.2, 0.25) is 0 Å². The molecule has 3 heterocycles. The molecule has 1 aliphatic heterocycles. The van der Waals surface area contributed by atoms with E-state index >= 15 is 0 Å². The molecular weight excluding hydrogens is 443 g/mol. The molecule has 0 bridgehead atoms. The Kier molecular flexibility index (Phi) is 6.49. The van der Waals surface area contributed by atoms with E-state index < -0.39 is 17.4 Å². The number of aliphatic imine (C=N–C) groups is 1. The number of aromatic nitrogens is 2. The van der Waals surface area contributed by atoms with E-state index in [1.54, 1.807) is 25.3 Å². The Hall–Kier alpha value is -3.95. The predicted octanol–water partition coefficient (Wildman–Crippen LogP) is 4.26. The van der Waals surface area contributed by atoms with Crippen LogP contribution in [0.25, 0.3) is 11.1 Å². The lowest BCUT2D eigenvalue weighted by molar-refractivity contribution is -0.162. The Morgan fingerprint density at radius 3 is 2.79 bits per heavy atom. The van der Waals surface area contributed by atoms with E-state index in [9.17, 15) is 9.18 Å². The molecule has 0 aliphatic carbocycles. The molecule has 2 aromatic heterocycles. The van der Waals surface area contributed by atoms with Crippen LogP contribution in [0.3, 0.4) is 0 Å². The Labute approximate surface area is 195 Å². The number of rotatable bonds is 7. The molecule has 1 atom stereocenters. The second-order valence-corrected chi connectivity index (χ2v) is 7.94. The van der Waals surface area contributed by atoms with Gasteiger partial charge in [0.05, 0.1) is 19.4 Å². The number of hydrogen-bond acceptors (Lipinski definition) is 9. The first-order chi connectivity index (χ1) is 16.4. The molecule has 0 saturated carbocycles. The monoisotopic (exact) mass is 468 g/mol. The summed E-state index contributed by atoms with van der Waals surface area (Å²) in [7, 11) is 1.51. The summed E-state index contributed by atoms with van der Waals surface area (Å²) in [5.41, 5.74) is 1.20. The third-order valence-electron chi connectivity index (χ3n) is 5.42. The molecule has 0 spiro atoms. The van der Waals surface area contributed by atoms with E-state index in [0.29, 0.717) is 28.3 Å². The predicted molar refractivity (Wildman–Crippen MR) is 122 cm³/mol. The fraction of sp³-hybridized carbons (Fsp3) is 0.333. The highest BCUT2D eigenvalue weighted by atomic mass is 19.1. The summed E-state index contributed by atoms with van der Waals surface area (Å²) in [5, 5.41) is 7.05. The second kappa shape index (κ2) is 9.50. The minimum absolute atomic E-state index is 0.0342. The summed E-state index contributed by atoms with van der Waals surface area (Å²) in [4.78, 5) is 21.4. The van der Waals surface area contributed by atoms with Gasteiger partial charge in [-0.05, 0) is 42.2 Å². The van der Waals surface area contributed by atoms with Crippen LogP contribution < -0.4 is 10.1 Å². The van der Waals surface area contributed by atoms with Gasteiger partial charge in [-0.2, -0.15) is 0 Å². The van der Waals surface area contributed by atoms with Crippen molar-refractivity contribution in [3.8, 4) is 17.0 Å². The van der Waals surface area contributed by atoms with Gasteiger partial charge >= 0.3 is 5.97 Å². The highest BCUT2D eigenvalue weighted by Crippen LogP contribution is 2.38. The summed E-state index contributed by atoms with van der Waals surface area (Å²) in [6, 6.07) is 7.94. The minimum Gasteiger partial charge on any atom is -0.481 e. The number of amidine groups is 1. The third-order valence-corrected chi connectivity index (χ3v) is 5.42. The van der Waals surface area contributed by atoms with Gasteiger partial charge < -0.3 is 24.1 Å². The molecule has 34 heavy (non-hydrogen) atoms. The van der Waals surface area contributed by atoms with Crippen molar-refractivity contribution in [1.29, 1.82) is 0 Å². The van der Waals surface area contributed by atoms with Gasteiger partial charge in [-0.15, -0.1) is 0 Å². The highest BCUT2D eigenvalue weighted by Gasteiger charge is 2.51. The van der Waals surface area contributed by atoms with Gasteiger partial charge in [0.2, 0.25) is 5.88 Å². The number of anilines is 1. The number of carbonyl (C=O) groups is 1. The zero-order valence-corrected chi connectivity index (χ0v) is 19.3. The van der Waals surface area contributed by atoms with Crippen molar-refractivity contribution in [1.82, 2.24) is 10.1 Å². The van der Waals surface area contributed by atoms with Crippen molar-refractivity contribution in [2.24, 2.45) is 4.99 Å². The maximum absolute atomic E-state index is 14.6. The summed E-state index contributed by atoms with van der Waals surface area (Å²) in [6.45, 7) is 5.70. The van der Waals surface area contributed by atoms with Gasteiger partial charge in [0.15, 0.2) is 0 Å². The smallest absolute Gasteiger partial charge is 0.359 e. The number of methoxy groups -OCH3 is 1. The van der Waals surface area contributed by atoms with Gasteiger partial charge in [0.1, 0.15) is 24.3 Å². The zero-order chi connectivity index (χ0) is 24.3. The van der Waals surface area contributed by atoms with Crippen LogP contribution in [-0.4, -0.2) is 42.4 Å². The molecule has 1 aromatic carbocycles. The van der Waals surface area contributed by atoms with Crippen molar-refractivity contribution in [2.75, 3.05) is 25.6 Å². The lowest BCUT2D eigenvalue weighted by Gasteiger charge is -2.24. The van der Waals surface area contributed by atoms with E-state index in [1.165, 1.54) is 31.6 Å². The van der Waals surface area contributed by atoms with Crippen molar-refractivity contribution in [2.45, 2.75) is 32.3 Å². The molecule has 0 radical (unpaired) electrons. The Balaban J connectivity index is 1.74. The van der Waals surface area contributed by atoms with Crippen LogP contribution in [0.15, 0.2) is 52.3 Å². The molecule has 4 rings (SSSR count). The number of halogens is 1. The number of benzene rings is 1. The maximum Gasteiger partial charge on any atom is 0.359 e. The quantitative estimate of drug-likeness (QED) is 0.513. The summed E-state index contributed by atoms with van der Waals surface area (Å²) in [5.74, 6) is -0.668. The van der Waals surface area contributed by atoms with Gasteiger partial charge in [-0.25, -0.2) is 19.2 Å². The van der Waals surface area contributed by atoms with E-state index in [4.69, 9.17) is 18.7 Å². The van der Waals surface area contributed by atoms with Crippen LogP contribution in [-0.2, 0) is 19.9 Å². The van der Waals surface area contributed by atoms with E-state index in [0.717, 1.165) is 0 Å². The van der Waals surface area contributed by atoms with Gasteiger partial charge in [-0.3, -0.25) is 0 Å². The summed E-state index contributed by atoms with van der Waals surface area (Å²) in [6.07, 6.45) is 2.93. The molecule has 0 unspecified atom stereocenters. The summed E-state index contributed by atoms with van der Waals surface area (Å²) >= 11 is 0. The van der Waals surface area contributed by atoms with E-state index in [-0.39, 0.29) is 30.8 Å². The molecule has 1 N–H and O–H groups in total. The first kappa shape index (κ1) is 23.2. The average Bonchev–Trinajstić information content (AvgIpc) is 3.51. The number of nitrogens with one attached hydrogen (secondary N) is 1. The largest absolute Gasteiger partial charge is 0.481 e. The molecule has 0 saturated heterocycles. The van der Waals surface area contributed by atoms with Crippen molar-refractivity contribution in [3.63, 3.8) is 0 Å². The van der Waals surface area contributed by atoms with Crippen LogP contribution in [0.1, 0.15) is 37.9 Å². The fourth-order valence-corrected chi connectivity index (χ4v) is 3.74. The number of pyridine rings is 1. The lowest BCUT2D eigenvalue weighted by atomic mass is 9.94. The Morgan fingerprint density at radius 1 is 1.29 bits per heavy atom. The minimum atomic E-state index is -1.58. The molecule has 0 fully saturated rings. The molecule has 9 nitrogen and oxygen atoms in total. The summed E-state index contributed by atoms with van der Waals surface area (Å²) < 4.78 is 36.0. The Morgan fingerprint density at radius 2 is 2.12 bits per heavy atom.